The first-order valence-electron chi connectivity index (χ1n) is 11.3. The number of phenolic OH excluding ortho intramolecular Hbond substituents is 2. The molecular formula is C26H34CoN2O2+2. The Kier molecular flexibility index (Phi) is 11.4. The van der Waals surface area contributed by atoms with Crippen LogP contribution < -0.4 is 0 Å². The second-order valence-corrected chi connectivity index (χ2v) is 8.26. The third kappa shape index (κ3) is 8.88. The van der Waals surface area contributed by atoms with Crippen molar-refractivity contribution in [1.82, 2.24) is 0 Å². The van der Waals surface area contributed by atoms with Gasteiger partial charge in [0.25, 0.3) is 0 Å². The van der Waals surface area contributed by atoms with Gasteiger partial charge in [-0.2, -0.15) is 0 Å². The van der Waals surface area contributed by atoms with Gasteiger partial charge in [0.2, 0.25) is 0 Å². The SMILES string of the molecule is Oc1ccccc1C=NC1CCCCC1.Oc1ccccc1C=NC1CCCCC1.[Co+2]. The summed E-state index contributed by atoms with van der Waals surface area (Å²) in [6.07, 6.45) is 16.3. The standard InChI is InChI=1S/2C13H17NO.Co/c2*15-13-9-5-4-6-11(13)10-14-12-7-2-1-3-8-12;/h2*4-6,9-10,12,15H,1-3,7-8H2;/q;;+2. The molecule has 0 heterocycles. The molecule has 0 aliphatic heterocycles. The molecule has 0 atom stereocenters. The first kappa shape index (κ1) is 25.1. The Morgan fingerprint density at radius 1 is 0.581 bits per heavy atom. The fourth-order valence-corrected chi connectivity index (χ4v) is 4.03. The summed E-state index contributed by atoms with van der Waals surface area (Å²) in [6.45, 7) is 0. The van der Waals surface area contributed by atoms with E-state index in [2.05, 4.69) is 9.98 Å². The van der Waals surface area contributed by atoms with E-state index in [-0.39, 0.29) is 16.8 Å². The van der Waals surface area contributed by atoms with Gasteiger partial charge in [0.15, 0.2) is 0 Å². The minimum absolute atomic E-state index is 0. The Balaban J connectivity index is 0.000000213. The van der Waals surface area contributed by atoms with E-state index >= 15 is 0 Å². The normalized spacial score (nSPS) is 17.8. The van der Waals surface area contributed by atoms with E-state index in [1.54, 1.807) is 12.1 Å². The molecule has 5 heteroatoms. The molecule has 2 saturated carbocycles. The van der Waals surface area contributed by atoms with Crippen molar-refractivity contribution in [3.63, 3.8) is 0 Å². The van der Waals surface area contributed by atoms with E-state index in [4.69, 9.17) is 0 Å². The van der Waals surface area contributed by atoms with Gasteiger partial charge < -0.3 is 10.2 Å². The quantitative estimate of drug-likeness (QED) is 0.522. The summed E-state index contributed by atoms with van der Waals surface area (Å²) in [5.74, 6) is 0.633. The third-order valence-electron chi connectivity index (χ3n) is 5.87. The molecular weight excluding hydrogens is 431 g/mol. The van der Waals surface area contributed by atoms with Crippen LogP contribution in [0.3, 0.4) is 0 Å². The summed E-state index contributed by atoms with van der Waals surface area (Å²) < 4.78 is 0. The van der Waals surface area contributed by atoms with Crippen LogP contribution in [0.25, 0.3) is 0 Å². The Labute approximate surface area is 196 Å². The van der Waals surface area contributed by atoms with E-state index in [1.807, 2.05) is 48.8 Å². The van der Waals surface area contributed by atoms with Gasteiger partial charge in [-0.1, -0.05) is 62.8 Å². The van der Waals surface area contributed by atoms with E-state index in [0.717, 1.165) is 11.1 Å². The molecule has 0 bridgehead atoms. The Morgan fingerprint density at radius 3 is 1.29 bits per heavy atom. The van der Waals surface area contributed by atoms with Crippen molar-refractivity contribution in [3.8, 4) is 11.5 Å². The number of rotatable bonds is 4. The molecule has 31 heavy (non-hydrogen) atoms. The second-order valence-electron chi connectivity index (χ2n) is 8.26. The summed E-state index contributed by atoms with van der Waals surface area (Å²) in [5.41, 5.74) is 1.64. The second kappa shape index (κ2) is 14.0. The van der Waals surface area contributed by atoms with Crippen molar-refractivity contribution in [2.75, 3.05) is 0 Å². The molecule has 2 aromatic rings. The summed E-state index contributed by atoms with van der Waals surface area (Å²) >= 11 is 0. The minimum atomic E-state index is 0. The Bertz CT molecular complexity index is 756. The topological polar surface area (TPSA) is 65.2 Å². The van der Waals surface area contributed by atoms with Crippen molar-refractivity contribution in [2.45, 2.75) is 76.3 Å². The fraction of sp³-hybridized carbons (Fsp3) is 0.462. The number of nitrogens with zero attached hydrogens (tertiary/aromatic N) is 2. The molecule has 2 aliphatic rings. The molecule has 1 radical (unpaired) electrons. The van der Waals surface area contributed by atoms with Crippen LogP contribution in [0.5, 0.6) is 11.5 Å². The molecule has 0 aromatic heterocycles. The van der Waals surface area contributed by atoms with Crippen molar-refractivity contribution in [1.29, 1.82) is 0 Å². The number of aliphatic imine (C=N–C) groups is 2. The number of hydrogen-bond acceptors (Lipinski definition) is 4. The van der Waals surface area contributed by atoms with Crippen molar-refractivity contribution >= 4 is 12.4 Å². The molecule has 167 valence electrons. The number of aromatic hydroxyl groups is 2. The fourth-order valence-electron chi connectivity index (χ4n) is 4.03. The van der Waals surface area contributed by atoms with Gasteiger partial charge >= 0.3 is 16.8 Å². The van der Waals surface area contributed by atoms with Gasteiger partial charge in [-0.3, -0.25) is 9.98 Å². The van der Waals surface area contributed by atoms with Crippen LogP contribution in [-0.4, -0.2) is 34.7 Å². The molecule has 2 aromatic carbocycles. The van der Waals surface area contributed by atoms with Crippen molar-refractivity contribution in [3.05, 3.63) is 59.7 Å². The van der Waals surface area contributed by atoms with E-state index < -0.39 is 0 Å². The number of phenols is 2. The van der Waals surface area contributed by atoms with Gasteiger partial charge in [-0.05, 0) is 49.9 Å². The molecule has 0 saturated heterocycles. The Hall–Kier alpha value is -2.11. The maximum absolute atomic E-state index is 9.55. The van der Waals surface area contributed by atoms with Crippen LogP contribution in [0.1, 0.15) is 75.3 Å². The van der Waals surface area contributed by atoms with Crippen LogP contribution in [0.2, 0.25) is 0 Å². The molecule has 2 aliphatic carbocycles. The minimum Gasteiger partial charge on any atom is -0.507 e. The zero-order chi connectivity index (χ0) is 21.0. The Morgan fingerprint density at radius 2 is 0.935 bits per heavy atom. The van der Waals surface area contributed by atoms with E-state index in [9.17, 15) is 10.2 Å². The van der Waals surface area contributed by atoms with Crippen molar-refractivity contribution < 1.29 is 27.0 Å². The van der Waals surface area contributed by atoms with Crippen LogP contribution in [0.4, 0.5) is 0 Å². The first-order chi connectivity index (χ1) is 14.7. The van der Waals surface area contributed by atoms with E-state index in [0.29, 0.717) is 23.6 Å². The predicted octanol–water partition coefficient (Wildman–Crippen LogP) is 6.29. The molecule has 0 spiro atoms. The molecule has 0 amide bonds. The van der Waals surface area contributed by atoms with Crippen molar-refractivity contribution in [2.24, 2.45) is 9.98 Å². The molecule has 2 fully saturated rings. The van der Waals surface area contributed by atoms with Gasteiger partial charge in [0.1, 0.15) is 11.5 Å². The van der Waals surface area contributed by atoms with Crippen LogP contribution >= 0.6 is 0 Å². The third-order valence-corrected chi connectivity index (χ3v) is 5.87. The summed E-state index contributed by atoms with van der Waals surface area (Å²) in [6, 6.07) is 15.6. The van der Waals surface area contributed by atoms with Gasteiger partial charge in [0.05, 0.1) is 0 Å². The van der Waals surface area contributed by atoms with E-state index in [1.165, 1.54) is 64.2 Å². The number of para-hydroxylation sites is 2. The molecule has 0 unspecified atom stereocenters. The summed E-state index contributed by atoms with van der Waals surface area (Å²) in [5, 5.41) is 19.1. The molecule has 4 rings (SSSR count). The van der Waals surface area contributed by atoms with Gasteiger partial charge in [-0.15, -0.1) is 0 Å². The van der Waals surface area contributed by atoms with Crippen LogP contribution in [0.15, 0.2) is 58.5 Å². The number of hydrogen-bond donors (Lipinski definition) is 2. The average Bonchev–Trinajstić information content (AvgIpc) is 2.80. The molecule has 4 nitrogen and oxygen atoms in total. The van der Waals surface area contributed by atoms with Crippen LogP contribution in [-0.2, 0) is 16.8 Å². The van der Waals surface area contributed by atoms with Gasteiger partial charge in [0, 0.05) is 35.6 Å². The van der Waals surface area contributed by atoms with Gasteiger partial charge in [-0.25, -0.2) is 0 Å². The molecule has 2 N–H and O–H groups in total. The maximum Gasteiger partial charge on any atom is 2.00 e. The largest absolute Gasteiger partial charge is 2.00 e. The smallest absolute Gasteiger partial charge is 0.507 e. The number of benzene rings is 2. The van der Waals surface area contributed by atoms with Crippen LogP contribution in [0, 0.1) is 0 Å². The average molecular weight is 466 g/mol. The maximum atomic E-state index is 9.55. The first-order valence-corrected chi connectivity index (χ1v) is 11.3. The summed E-state index contributed by atoms with van der Waals surface area (Å²) in [4.78, 5) is 9.06. The zero-order valence-electron chi connectivity index (χ0n) is 18.1. The zero-order valence-corrected chi connectivity index (χ0v) is 19.2. The predicted molar refractivity (Wildman–Crippen MR) is 125 cm³/mol. The summed E-state index contributed by atoms with van der Waals surface area (Å²) in [7, 11) is 0. The monoisotopic (exact) mass is 465 g/mol.